The molecule has 0 rings (SSSR count). The molecule has 3 N–H and O–H groups in total. The number of hydrogen-bond acceptors (Lipinski definition) is 8. The lowest BCUT2D eigenvalue weighted by Gasteiger charge is -2.13. The van der Waals surface area contributed by atoms with Crippen LogP contribution in [0.3, 0.4) is 0 Å². The van der Waals surface area contributed by atoms with Crippen LogP contribution in [-0.2, 0) is 28.7 Å². The molecule has 0 aromatic heterocycles. The van der Waals surface area contributed by atoms with E-state index in [0.29, 0.717) is 5.75 Å². The lowest BCUT2D eigenvalue weighted by molar-refractivity contribution is -0.144. The summed E-state index contributed by atoms with van der Waals surface area (Å²) < 4.78 is 4.87. The predicted octanol–water partition coefficient (Wildman–Crippen LogP) is 0.818. The number of amides is 1. The molecule has 0 saturated carbocycles. The SMILES string of the molecule is CC(=O)NCC(=O)OCCSSC[C@H](CC(=O)[C@@H](C)CC(=O)O)C(=O)O. The van der Waals surface area contributed by atoms with Crippen LogP contribution in [0.5, 0.6) is 0 Å². The van der Waals surface area contributed by atoms with Crippen molar-refractivity contribution >= 4 is 51.2 Å². The van der Waals surface area contributed by atoms with Crippen molar-refractivity contribution in [3.8, 4) is 0 Å². The molecule has 0 spiro atoms. The molecule has 1 amide bonds. The van der Waals surface area contributed by atoms with Crippen LogP contribution in [0.25, 0.3) is 0 Å². The Kier molecular flexibility index (Phi) is 12.5. The van der Waals surface area contributed by atoms with E-state index < -0.39 is 35.5 Å². The number of carbonyl (C=O) groups excluding carboxylic acids is 3. The smallest absolute Gasteiger partial charge is 0.325 e. The highest BCUT2D eigenvalue weighted by atomic mass is 33.1. The zero-order valence-corrected chi connectivity index (χ0v) is 16.2. The molecule has 0 saturated heterocycles. The molecule has 0 heterocycles. The minimum absolute atomic E-state index is 0.113. The first-order valence-corrected chi connectivity index (χ1v) is 10.2. The standard InChI is InChI=1S/C15H23NO8S2/c1-9(5-13(19)20)12(18)6-11(15(22)23)8-26-25-4-3-24-14(21)7-16-10(2)17/h9,11H,3-8H2,1-2H3,(H,16,17)(H,19,20)(H,22,23)/t9-,11-/m0/s1. The van der Waals surface area contributed by atoms with Gasteiger partial charge in [0.05, 0.1) is 12.3 Å². The van der Waals surface area contributed by atoms with Crippen molar-refractivity contribution < 1.29 is 38.9 Å². The van der Waals surface area contributed by atoms with Crippen LogP contribution in [0.4, 0.5) is 0 Å². The number of Topliss-reactive ketones (excluding diaryl/α,β-unsaturated/α-hetero) is 1. The number of carboxylic acid groups (broad SMARTS) is 2. The van der Waals surface area contributed by atoms with Crippen LogP contribution in [-0.4, -0.2) is 64.5 Å². The van der Waals surface area contributed by atoms with E-state index in [1.54, 1.807) is 0 Å². The fourth-order valence-electron chi connectivity index (χ4n) is 1.66. The van der Waals surface area contributed by atoms with Gasteiger partial charge in [-0.05, 0) is 0 Å². The second-order valence-corrected chi connectivity index (χ2v) is 8.07. The molecule has 0 bridgehead atoms. The number of carbonyl (C=O) groups is 5. The summed E-state index contributed by atoms with van der Waals surface area (Å²) in [6.07, 6.45) is -0.542. The van der Waals surface area contributed by atoms with Gasteiger partial charge in [0.2, 0.25) is 5.91 Å². The minimum Gasteiger partial charge on any atom is -0.481 e. The third-order valence-electron chi connectivity index (χ3n) is 3.09. The Morgan fingerprint density at radius 3 is 2.27 bits per heavy atom. The van der Waals surface area contributed by atoms with Crippen molar-refractivity contribution in [1.82, 2.24) is 5.32 Å². The summed E-state index contributed by atoms with van der Waals surface area (Å²) in [4.78, 5) is 55.6. The third kappa shape index (κ3) is 12.6. The van der Waals surface area contributed by atoms with Gasteiger partial charge in [-0.25, -0.2) is 0 Å². The molecule has 0 radical (unpaired) electrons. The highest BCUT2D eigenvalue weighted by Gasteiger charge is 2.25. The lowest BCUT2D eigenvalue weighted by Crippen LogP contribution is -2.28. The molecule has 11 heteroatoms. The number of rotatable bonds is 14. The second kappa shape index (κ2) is 13.5. The first-order chi connectivity index (χ1) is 12.1. The Labute approximate surface area is 159 Å². The largest absolute Gasteiger partial charge is 0.481 e. The van der Waals surface area contributed by atoms with E-state index in [-0.39, 0.29) is 37.7 Å². The maximum atomic E-state index is 11.9. The number of ketones is 1. The van der Waals surface area contributed by atoms with E-state index in [4.69, 9.17) is 9.84 Å². The van der Waals surface area contributed by atoms with Gasteiger partial charge < -0.3 is 20.3 Å². The normalized spacial score (nSPS) is 12.7. The van der Waals surface area contributed by atoms with E-state index >= 15 is 0 Å². The van der Waals surface area contributed by atoms with Crippen LogP contribution in [0, 0.1) is 11.8 Å². The Hall–Kier alpha value is -1.75. The Bertz CT molecular complexity index is 526. The van der Waals surface area contributed by atoms with Gasteiger partial charge >= 0.3 is 17.9 Å². The molecule has 0 aliphatic heterocycles. The molecule has 0 aromatic carbocycles. The van der Waals surface area contributed by atoms with Crippen LogP contribution in [0.15, 0.2) is 0 Å². The minimum atomic E-state index is -1.12. The van der Waals surface area contributed by atoms with Crippen molar-refractivity contribution in [2.75, 3.05) is 24.7 Å². The summed E-state index contributed by atoms with van der Waals surface area (Å²) in [5.41, 5.74) is 0. The molecular formula is C15H23NO8S2. The molecule has 2 atom stereocenters. The van der Waals surface area contributed by atoms with E-state index in [0.717, 1.165) is 0 Å². The highest BCUT2D eigenvalue weighted by molar-refractivity contribution is 8.76. The molecule has 0 aromatic rings. The summed E-state index contributed by atoms with van der Waals surface area (Å²) in [6, 6.07) is 0. The number of ether oxygens (including phenoxy) is 1. The molecule has 0 aliphatic rings. The molecule has 26 heavy (non-hydrogen) atoms. The molecule has 0 unspecified atom stereocenters. The van der Waals surface area contributed by atoms with Gasteiger partial charge in [0, 0.05) is 30.8 Å². The van der Waals surface area contributed by atoms with Gasteiger partial charge in [-0.15, -0.1) is 0 Å². The van der Waals surface area contributed by atoms with Gasteiger partial charge in [0.1, 0.15) is 18.9 Å². The van der Waals surface area contributed by atoms with Gasteiger partial charge in [-0.1, -0.05) is 28.5 Å². The maximum absolute atomic E-state index is 11.9. The van der Waals surface area contributed by atoms with Crippen LogP contribution in [0.2, 0.25) is 0 Å². The van der Waals surface area contributed by atoms with E-state index in [1.807, 2.05) is 0 Å². The molecule has 0 fully saturated rings. The van der Waals surface area contributed by atoms with Gasteiger partial charge in [0.15, 0.2) is 0 Å². The van der Waals surface area contributed by atoms with Crippen LogP contribution < -0.4 is 5.32 Å². The number of carboxylic acids is 2. The van der Waals surface area contributed by atoms with Crippen molar-refractivity contribution in [3.63, 3.8) is 0 Å². The molecule has 148 valence electrons. The average Bonchev–Trinajstić information content (AvgIpc) is 2.53. The highest BCUT2D eigenvalue weighted by Crippen LogP contribution is 2.26. The Morgan fingerprint density at radius 2 is 1.73 bits per heavy atom. The predicted molar refractivity (Wildman–Crippen MR) is 96.7 cm³/mol. The fourth-order valence-corrected chi connectivity index (χ4v) is 3.79. The number of nitrogens with one attached hydrogen (secondary N) is 1. The van der Waals surface area contributed by atoms with E-state index in [9.17, 15) is 29.1 Å². The third-order valence-corrected chi connectivity index (χ3v) is 5.54. The maximum Gasteiger partial charge on any atom is 0.325 e. The quantitative estimate of drug-likeness (QED) is 0.214. The van der Waals surface area contributed by atoms with Crippen LogP contribution in [0.1, 0.15) is 26.7 Å². The summed E-state index contributed by atoms with van der Waals surface area (Å²) in [6.45, 7) is 2.66. The van der Waals surface area contributed by atoms with E-state index in [1.165, 1.54) is 35.4 Å². The lowest BCUT2D eigenvalue weighted by atomic mass is 9.94. The van der Waals surface area contributed by atoms with Crippen molar-refractivity contribution in [2.24, 2.45) is 11.8 Å². The Morgan fingerprint density at radius 1 is 1.08 bits per heavy atom. The van der Waals surface area contributed by atoms with Crippen molar-refractivity contribution in [1.29, 1.82) is 0 Å². The van der Waals surface area contributed by atoms with Crippen molar-refractivity contribution in [3.05, 3.63) is 0 Å². The first-order valence-electron chi connectivity index (χ1n) is 7.75. The first kappa shape index (κ1) is 24.2. The summed E-state index contributed by atoms with van der Waals surface area (Å²) >= 11 is 0. The van der Waals surface area contributed by atoms with Crippen LogP contribution >= 0.6 is 21.6 Å². The summed E-state index contributed by atoms with van der Waals surface area (Å²) in [7, 11) is 2.53. The summed E-state index contributed by atoms with van der Waals surface area (Å²) in [5, 5.41) is 20.1. The molecule has 9 nitrogen and oxygen atoms in total. The average molecular weight is 409 g/mol. The van der Waals surface area contributed by atoms with Gasteiger partial charge in [-0.3, -0.25) is 24.0 Å². The fraction of sp³-hybridized carbons (Fsp3) is 0.667. The molecular weight excluding hydrogens is 386 g/mol. The van der Waals surface area contributed by atoms with Crippen molar-refractivity contribution in [2.45, 2.75) is 26.7 Å². The number of aliphatic carboxylic acids is 2. The summed E-state index contributed by atoms with van der Waals surface area (Å²) in [5.74, 6) is -4.54. The second-order valence-electron chi connectivity index (χ2n) is 5.44. The Balaban J connectivity index is 4.03. The zero-order valence-electron chi connectivity index (χ0n) is 14.6. The van der Waals surface area contributed by atoms with Gasteiger partial charge in [-0.2, -0.15) is 0 Å². The number of esters is 1. The van der Waals surface area contributed by atoms with E-state index in [2.05, 4.69) is 5.32 Å². The van der Waals surface area contributed by atoms with Gasteiger partial charge in [0.25, 0.3) is 0 Å². The monoisotopic (exact) mass is 409 g/mol. The topological polar surface area (TPSA) is 147 Å². The zero-order chi connectivity index (χ0) is 20.1. The molecule has 0 aliphatic carbocycles. The number of hydrogen-bond donors (Lipinski definition) is 3.